The normalized spacial score (nSPS) is 18.0. The molecule has 0 saturated carbocycles. The van der Waals surface area contributed by atoms with Gasteiger partial charge in [0, 0.05) is 35.2 Å². The highest BCUT2D eigenvalue weighted by Gasteiger charge is 2.19. The van der Waals surface area contributed by atoms with Gasteiger partial charge >= 0.3 is 0 Å². The van der Waals surface area contributed by atoms with Crippen LogP contribution in [0.5, 0.6) is 0 Å². The van der Waals surface area contributed by atoms with Crippen LogP contribution >= 0.6 is 34.4 Å². The third-order valence-electron chi connectivity index (χ3n) is 3.98. The first-order valence-corrected chi connectivity index (χ1v) is 10.2. The molecule has 3 aromatic rings. The minimum atomic E-state index is 0.0366. The first-order valence-electron chi connectivity index (χ1n) is 7.50. The van der Waals surface area contributed by atoms with Crippen molar-refractivity contribution in [3.63, 3.8) is 0 Å². The summed E-state index contributed by atoms with van der Waals surface area (Å²) >= 11 is 4.81. The molecule has 0 aromatic carbocycles. The fourth-order valence-corrected chi connectivity index (χ4v) is 5.58. The van der Waals surface area contributed by atoms with Gasteiger partial charge in [-0.25, -0.2) is 4.98 Å². The van der Waals surface area contributed by atoms with Gasteiger partial charge < -0.3 is 4.74 Å². The number of rotatable bonds is 4. The summed E-state index contributed by atoms with van der Waals surface area (Å²) in [5.74, 6) is 0.856. The van der Waals surface area contributed by atoms with Gasteiger partial charge in [-0.3, -0.25) is 9.36 Å². The van der Waals surface area contributed by atoms with Gasteiger partial charge in [-0.15, -0.1) is 22.7 Å². The zero-order chi connectivity index (χ0) is 15.8. The number of thioether (sulfide) groups is 1. The van der Waals surface area contributed by atoms with Crippen LogP contribution in [-0.4, -0.2) is 28.0 Å². The van der Waals surface area contributed by atoms with Gasteiger partial charge in [-0.05, 0) is 24.3 Å². The van der Waals surface area contributed by atoms with Crippen LogP contribution < -0.4 is 5.56 Å². The van der Waals surface area contributed by atoms with Gasteiger partial charge in [-0.2, -0.15) is 0 Å². The Labute approximate surface area is 146 Å². The van der Waals surface area contributed by atoms with Gasteiger partial charge in [0.1, 0.15) is 4.83 Å². The predicted octanol–water partition coefficient (Wildman–Crippen LogP) is 3.99. The Hall–Kier alpha value is -1.15. The highest BCUT2D eigenvalue weighted by molar-refractivity contribution is 7.99. The summed E-state index contributed by atoms with van der Waals surface area (Å²) in [5, 5.41) is 5.58. The molecule has 1 aliphatic heterocycles. The zero-order valence-corrected chi connectivity index (χ0v) is 15.1. The van der Waals surface area contributed by atoms with E-state index in [0.29, 0.717) is 0 Å². The second-order valence-electron chi connectivity index (χ2n) is 5.51. The van der Waals surface area contributed by atoms with Crippen LogP contribution in [0.2, 0.25) is 0 Å². The fraction of sp³-hybridized carbons (Fsp3) is 0.375. The molecule has 0 N–H and O–H groups in total. The number of nitrogens with zero attached hydrogens (tertiary/aromatic N) is 2. The van der Waals surface area contributed by atoms with Crippen molar-refractivity contribution in [2.75, 3.05) is 12.4 Å². The Morgan fingerprint density at radius 1 is 1.48 bits per heavy atom. The molecule has 0 unspecified atom stereocenters. The van der Waals surface area contributed by atoms with E-state index in [1.54, 1.807) is 39.0 Å². The lowest BCUT2D eigenvalue weighted by Gasteiger charge is -2.10. The SMILES string of the molecule is Cn1c(SC[C@@H]2CCCO2)nc2scc(-c3cccs3)c2c1=O. The molecule has 4 heterocycles. The maximum Gasteiger partial charge on any atom is 0.263 e. The van der Waals surface area contributed by atoms with Crippen molar-refractivity contribution in [1.82, 2.24) is 9.55 Å². The molecule has 4 rings (SSSR count). The summed E-state index contributed by atoms with van der Waals surface area (Å²) in [6.07, 6.45) is 2.52. The molecule has 1 atom stereocenters. The van der Waals surface area contributed by atoms with E-state index in [4.69, 9.17) is 9.72 Å². The van der Waals surface area contributed by atoms with Gasteiger partial charge in [0.05, 0.1) is 11.5 Å². The summed E-state index contributed by atoms with van der Waals surface area (Å²) in [7, 11) is 1.81. The Morgan fingerprint density at radius 2 is 2.39 bits per heavy atom. The Balaban J connectivity index is 1.71. The summed E-state index contributed by atoms with van der Waals surface area (Å²) in [6.45, 7) is 0.853. The van der Waals surface area contributed by atoms with E-state index >= 15 is 0 Å². The standard InChI is InChI=1S/C16H16N2O2S3/c1-18-15(19)13-11(12-5-3-7-21-12)9-22-14(13)17-16(18)23-8-10-4-2-6-20-10/h3,5,7,9-10H,2,4,6,8H2,1H3/t10-/m0/s1. The molecular formula is C16H16N2O2S3. The molecule has 1 saturated heterocycles. The number of aromatic nitrogens is 2. The van der Waals surface area contributed by atoms with Crippen LogP contribution in [0.1, 0.15) is 12.8 Å². The molecule has 120 valence electrons. The van der Waals surface area contributed by atoms with E-state index < -0.39 is 0 Å². The molecule has 3 aromatic heterocycles. The van der Waals surface area contributed by atoms with Crippen molar-refractivity contribution in [2.45, 2.75) is 24.1 Å². The molecular weight excluding hydrogens is 348 g/mol. The topological polar surface area (TPSA) is 44.1 Å². The van der Waals surface area contributed by atoms with E-state index in [2.05, 4.69) is 0 Å². The van der Waals surface area contributed by atoms with Crippen molar-refractivity contribution in [3.05, 3.63) is 33.2 Å². The largest absolute Gasteiger partial charge is 0.377 e. The second kappa shape index (κ2) is 6.39. The Bertz CT molecular complexity index is 877. The summed E-state index contributed by atoms with van der Waals surface area (Å²) in [6, 6.07) is 4.05. The molecule has 0 spiro atoms. The van der Waals surface area contributed by atoms with Gasteiger partial charge in [0.15, 0.2) is 5.16 Å². The average Bonchev–Trinajstić information content (AvgIpc) is 3.30. The van der Waals surface area contributed by atoms with Crippen LogP contribution in [0.3, 0.4) is 0 Å². The summed E-state index contributed by atoms with van der Waals surface area (Å²) < 4.78 is 7.33. The van der Waals surface area contributed by atoms with Crippen LogP contribution in [0.15, 0.2) is 32.8 Å². The van der Waals surface area contributed by atoms with Crippen LogP contribution in [0, 0.1) is 0 Å². The highest BCUT2D eigenvalue weighted by atomic mass is 32.2. The number of fused-ring (bicyclic) bond motifs is 1. The maximum atomic E-state index is 12.8. The molecule has 0 radical (unpaired) electrons. The van der Waals surface area contributed by atoms with E-state index in [-0.39, 0.29) is 11.7 Å². The fourth-order valence-electron chi connectivity index (χ4n) is 2.74. The minimum absolute atomic E-state index is 0.0366. The summed E-state index contributed by atoms with van der Waals surface area (Å²) in [5.41, 5.74) is 1.04. The van der Waals surface area contributed by atoms with Crippen molar-refractivity contribution < 1.29 is 4.74 Å². The third kappa shape index (κ3) is 2.87. The average molecular weight is 365 g/mol. The lowest BCUT2D eigenvalue weighted by atomic mass is 10.2. The zero-order valence-electron chi connectivity index (χ0n) is 12.7. The number of ether oxygens (including phenoxy) is 1. The second-order valence-corrected chi connectivity index (χ2v) is 8.30. The Kier molecular flexibility index (Phi) is 4.27. The van der Waals surface area contributed by atoms with Crippen molar-refractivity contribution in [1.29, 1.82) is 0 Å². The number of hydrogen-bond acceptors (Lipinski definition) is 6. The van der Waals surface area contributed by atoms with Gasteiger partial charge in [0.25, 0.3) is 5.56 Å². The van der Waals surface area contributed by atoms with E-state index in [1.165, 1.54) is 0 Å². The van der Waals surface area contributed by atoms with Crippen molar-refractivity contribution in [3.8, 4) is 10.4 Å². The minimum Gasteiger partial charge on any atom is -0.377 e. The van der Waals surface area contributed by atoms with Crippen molar-refractivity contribution >= 4 is 44.7 Å². The van der Waals surface area contributed by atoms with Gasteiger partial charge in [-0.1, -0.05) is 17.8 Å². The van der Waals surface area contributed by atoms with Gasteiger partial charge in [0.2, 0.25) is 0 Å². The summed E-state index contributed by atoms with van der Waals surface area (Å²) in [4.78, 5) is 19.5. The van der Waals surface area contributed by atoms with E-state index in [0.717, 1.165) is 51.0 Å². The first-order chi connectivity index (χ1) is 11.2. The number of thiophene rings is 2. The molecule has 23 heavy (non-hydrogen) atoms. The van der Waals surface area contributed by atoms with Crippen LogP contribution in [0.4, 0.5) is 0 Å². The Morgan fingerprint density at radius 3 is 3.13 bits per heavy atom. The molecule has 0 bridgehead atoms. The third-order valence-corrected chi connectivity index (χ3v) is 6.92. The molecule has 1 fully saturated rings. The monoisotopic (exact) mass is 364 g/mol. The van der Waals surface area contributed by atoms with Crippen molar-refractivity contribution in [2.24, 2.45) is 7.05 Å². The smallest absolute Gasteiger partial charge is 0.263 e. The van der Waals surface area contributed by atoms with E-state index in [1.807, 2.05) is 29.9 Å². The lowest BCUT2D eigenvalue weighted by Crippen LogP contribution is -2.20. The molecule has 4 nitrogen and oxygen atoms in total. The quantitative estimate of drug-likeness (QED) is 0.518. The molecule has 0 aliphatic carbocycles. The highest BCUT2D eigenvalue weighted by Crippen LogP contribution is 2.34. The number of hydrogen-bond donors (Lipinski definition) is 0. The molecule has 7 heteroatoms. The first kappa shape index (κ1) is 15.4. The maximum absolute atomic E-state index is 12.8. The van der Waals surface area contributed by atoms with E-state index in [9.17, 15) is 4.79 Å². The lowest BCUT2D eigenvalue weighted by molar-refractivity contribution is 0.129. The molecule has 0 amide bonds. The predicted molar refractivity (Wildman–Crippen MR) is 97.9 cm³/mol. The van der Waals surface area contributed by atoms with Crippen LogP contribution in [0.25, 0.3) is 20.7 Å². The van der Waals surface area contributed by atoms with Crippen LogP contribution in [-0.2, 0) is 11.8 Å². The molecule has 1 aliphatic rings.